The zero-order valence-corrected chi connectivity index (χ0v) is 17.9. The van der Waals surface area contributed by atoms with Crippen molar-refractivity contribution in [2.75, 3.05) is 12.4 Å². The topological polar surface area (TPSA) is 99.0 Å². The van der Waals surface area contributed by atoms with E-state index in [0.29, 0.717) is 16.7 Å². The predicted molar refractivity (Wildman–Crippen MR) is 111 cm³/mol. The summed E-state index contributed by atoms with van der Waals surface area (Å²) < 4.78 is 6.72. The summed E-state index contributed by atoms with van der Waals surface area (Å²) in [6.45, 7) is 8.94. The van der Waals surface area contributed by atoms with E-state index in [1.54, 1.807) is 53.3 Å². The summed E-state index contributed by atoms with van der Waals surface area (Å²) in [6, 6.07) is 1.64. The van der Waals surface area contributed by atoms with Gasteiger partial charge in [0.05, 0.1) is 12.5 Å². The van der Waals surface area contributed by atoms with Gasteiger partial charge in [0.15, 0.2) is 5.65 Å². The lowest BCUT2D eigenvalue weighted by atomic mass is 9.96. The molecule has 0 fully saturated rings. The molecule has 0 aliphatic carbocycles. The van der Waals surface area contributed by atoms with Crippen LogP contribution < -0.4 is 10.1 Å². The molecular formula is C20H22ClN5O3. The summed E-state index contributed by atoms with van der Waals surface area (Å²) in [5.74, 6) is -0.0243. The molecule has 0 saturated carbocycles. The number of hydrogen-bond acceptors (Lipinski definition) is 6. The molecule has 3 heterocycles. The highest BCUT2D eigenvalue weighted by atomic mass is 35.5. The fourth-order valence-electron chi connectivity index (χ4n) is 2.85. The van der Waals surface area contributed by atoms with Crippen LogP contribution in [0.5, 0.6) is 5.75 Å². The second kappa shape index (κ2) is 7.44. The third-order valence-corrected chi connectivity index (χ3v) is 4.76. The minimum absolute atomic E-state index is 0.0290. The average Bonchev–Trinajstić information content (AvgIpc) is 3.05. The van der Waals surface area contributed by atoms with Gasteiger partial charge in [0.1, 0.15) is 16.6 Å². The van der Waals surface area contributed by atoms with Crippen LogP contribution in [0.2, 0.25) is 5.15 Å². The van der Waals surface area contributed by atoms with E-state index < -0.39 is 11.3 Å². The number of carbonyl (C=O) groups excluding carboxylic acids is 2. The Morgan fingerprint density at radius 3 is 2.52 bits per heavy atom. The van der Waals surface area contributed by atoms with Gasteiger partial charge in [0.2, 0.25) is 11.9 Å². The zero-order chi connectivity index (χ0) is 21.5. The van der Waals surface area contributed by atoms with Crippen LogP contribution in [-0.2, 0) is 4.79 Å². The van der Waals surface area contributed by atoms with E-state index in [1.807, 2.05) is 6.92 Å². The Bertz CT molecular complexity index is 1130. The number of rotatable bonds is 3. The number of nitrogens with one attached hydrogen (secondary N) is 1. The smallest absolute Gasteiger partial charge is 0.282 e. The highest BCUT2D eigenvalue weighted by Gasteiger charge is 2.24. The number of nitrogens with zero attached hydrogens (tertiary/aromatic N) is 4. The largest absolute Gasteiger partial charge is 0.496 e. The minimum Gasteiger partial charge on any atom is -0.496 e. The van der Waals surface area contributed by atoms with Crippen molar-refractivity contribution in [2.45, 2.75) is 34.6 Å². The number of aromatic nitrogens is 4. The van der Waals surface area contributed by atoms with Crippen LogP contribution in [0.3, 0.4) is 0 Å². The number of hydrogen-bond donors (Lipinski definition) is 1. The van der Waals surface area contributed by atoms with E-state index in [1.165, 1.54) is 4.57 Å². The molecule has 8 nitrogen and oxygen atoms in total. The van der Waals surface area contributed by atoms with E-state index in [2.05, 4.69) is 20.3 Å². The third kappa shape index (κ3) is 3.80. The molecule has 152 valence electrons. The zero-order valence-electron chi connectivity index (χ0n) is 17.1. The van der Waals surface area contributed by atoms with E-state index in [-0.39, 0.29) is 28.3 Å². The van der Waals surface area contributed by atoms with Gasteiger partial charge in [-0.25, -0.2) is 0 Å². The van der Waals surface area contributed by atoms with E-state index in [4.69, 9.17) is 16.3 Å². The SMILES string of the molecule is COc1c(C)cnc(C(=O)n2ccc3c(Cl)nc(NC(=O)C(C)(C)C)nc32)c1C. The molecule has 0 atom stereocenters. The number of halogens is 1. The van der Waals surface area contributed by atoms with Crippen LogP contribution in [0.4, 0.5) is 5.95 Å². The monoisotopic (exact) mass is 415 g/mol. The van der Waals surface area contributed by atoms with Gasteiger partial charge in [-0.1, -0.05) is 32.4 Å². The highest BCUT2D eigenvalue weighted by molar-refractivity contribution is 6.34. The standard InChI is InChI=1S/C20H22ClN5O3/c1-10-9-22-13(11(2)14(10)29-6)17(27)26-8-7-12-15(21)23-19(24-16(12)26)25-18(28)20(3,4)5/h7-9H,1-6H3,(H,23,24,25,28). The van der Waals surface area contributed by atoms with Crippen LogP contribution in [0.25, 0.3) is 11.0 Å². The number of aryl methyl sites for hydroxylation is 1. The highest BCUT2D eigenvalue weighted by Crippen LogP contribution is 2.28. The van der Waals surface area contributed by atoms with Crippen molar-refractivity contribution in [1.82, 2.24) is 19.5 Å². The first kappa shape index (κ1) is 20.7. The number of amides is 1. The molecule has 0 spiro atoms. The Kier molecular flexibility index (Phi) is 5.32. The van der Waals surface area contributed by atoms with Crippen LogP contribution in [0.15, 0.2) is 18.5 Å². The summed E-state index contributed by atoms with van der Waals surface area (Å²) in [4.78, 5) is 38.2. The first-order chi connectivity index (χ1) is 13.5. The first-order valence-electron chi connectivity index (χ1n) is 8.95. The van der Waals surface area contributed by atoms with Crippen molar-refractivity contribution in [3.63, 3.8) is 0 Å². The summed E-state index contributed by atoms with van der Waals surface area (Å²) in [7, 11) is 1.55. The van der Waals surface area contributed by atoms with Crippen LogP contribution in [0, 0.1) is 19.3 Å². The van der Waals surface area contributed by atoms with Crippen LogP contribution in [0.1, 0.15) is 42.4 Å². The fraction of sp³-hybridized carbons (Fsp3) is 0.350. The number of anilines is 1. The molecule has 3 rings (SSSR count). The van der Waals surface area contributed by atoms with Gasteiger partial charge in [-0.05, 0) is 19.9 Å². The van der Waals surface area contributed by atoms with E-state index in [9.17, 15) is 9.59 Å². The predicted octanol–water partition coefficient (Wildman–Crippen LogP) is 3.78. The van der Waals surface area contributed by atoms with Crippen molar-refractivity contribution in [3.05, 3.63) is 40.4 Å². The summed E-state index contributed by atoms with van der Waals surface area (Å²) in [5, 5.41) is 3.27. The number of carbonyl (C=O) groups is 2. The second-order valence-corrected chi connectivity index (χ2v) is 8.08. The normalized spacial score (nSPS) is 11.6. The van der Waals surface area contributed by atoms with Gasteiger partial charge in [0.25, 0.3) is 5.91 Å². The second-order valence-electron chi connectivity index (χ2n) is 7.72. The molecule has 9 heteroatoms. The van der Waals surface area contributed by atoms with E-state index >= 15 is 0 Å². The Hall–Kier alpha value is -3.00. The van der Waals surface area contributed by atoms with Crippen LogP contribution in [-0.4, -0.2) is 38.4 Å². The molecular weight excluding hydrogens is 394 g/mol. The third-order valence-electron chi connectivity index (χ3n) is 4.47. The quantitative estimate of drug-likeness (QED) is 0.653. The molecule has 3 aromatic heterocycles. The number of ether oxygens (including phenoxy) is 1. The van der Waals surface area contributed by atoms with Crippen molar-refractivity contribution in [1.29, 1.82) is 0 Å². The lowest BCUT2D eigenvalue weighted by Crippen LogP contribution is -2.28. The van der Waals surface area contributed by atoms with Gasteiger partial charge in [0, 0.05) is 28.9 Å². The number of pyridine rings is 1. The summed E-state index contributed by atoms with van der Waals surface area (Å²) in [5.41, 5.74) is 1.33. The Morgan fingerprint density at radius 2 is 1.90 bits per heavy atom. The van der Waals surface area contributed by atoms with Gasteiger partial charge in [-0.2, -0.15) is 9.97 Å². The molecule has 1 N–H and O–H groups in total. The van der Waals surface area contributed by atoms with Crippen molar-refractivity contribution < 1.29 is 14.3 Å². The molecule has 0 unspecified atom stereocenters. The number of fused-ring (bicyclic) bond motifs is 1. The molecule has 0 bridgehead atoms. The van der Waals surface area contributed by atoms with Gasteiger partial charge in [-0.3, -0.25) is 24.5 Å². The molecule has 0 aliphatic rings. The summed E-state index contributed by atoms with van der Waals surface area (Å²) >= 11 is 6.26. The van der Waals surface area contributed by atoms with Gasteiger partial charge in [-0.15, -0.1) is 0 Å². The lowest BCUT2D eigenvalue weighted by Gasteiger charge is -2.17. The Morgan fingerprint density at radius 1 is 1.21 bits per heavy atom. The minimum atomic E-state index is -0.637. The van der Waals surface area contributed by atoms with Crippen molar-refractivity contribution in [3.8, 4) is 5.75 Å². The number of methoxy groups -OCH3 is 1. The van der Waals surface area contributed by atoms with E-state index in [0.717, 1.165) is 5.56 Å². The Labute approximate surface area is 173 Å². The molecule has 0 aliphatic heterocycles. The molecule has 1 amide bonds. The fourth-order valence-corrected chi connectivity index (χ4v) is 3.08. The molecule has 29 heavy (non-hydrogen) atoms. The summed E-state index contributed by atoms with van der Waals surface area (Å²) in [6.07, 6.45) is 3.14. The van der Waals surface area contributed by atoms with Crippen molar-refractivity contribution in [2.24, 2.45) is 5.41 Å². The first-order valence-corrected chi connectivity index (χ1v) is 9.33. The van der Waals surface area contributed by atoms with Crippen LogP contribution >= 0.6 is 11.6 Å². The van der Waals surface area contributed by atoms with Crippen molar-refractivity contribution >= 4 is 40.4 Å². The maximum atomic E-state index is 13.2. The molecule has 0 saturated heterocycles. The molecule has 0 aromatic carbocycles. The average molecular weight is 416 g/mol. The van der Waals surface area contributed by atoms with Gasteiger partial charge < -0.3 is 4.74 Å². The Balaban J connectivity index is 2.09. The maximum Gasteiger partial charge on any atom is 0.282 e. The maximum absolute atomic E-state index is 13.2. The lowest BCUT2D eigenvalue weighted by molar-refractivity contribution is -0.123. The molecule has 3 aromatic rings. The van der Waals surface area contributed by atoms with Gasteiger partial charge >= 0.3 is 0 Å². The molecule has 0 radical (unpaired) electrons.